The molecule has 1 aliphatic rings. The molecule has 2 heterocycles. The predicted molar refractivity (Wildman–Crippen MR) is 76.4 cm³/mol. The summed E-state index contributed by atoms with van der Waals surface area (Å²) in [7, 11) is -4.83. The fourth-order valence-corrected chi connectivity index (χ4v) is 3.06. The summed E-state index contributed by atoms with van der Waals surface area (Å²) >= 11 is 0. The van der Waals surface area contributed by atoms with Crippen LogP contribution in [-0.2, 0) is 29.7 Å². The number of hydrogen-bond donors (Lipinski definition) is 4. The highest BCUT2D eigenvalue weighted by atomic mass is 31.2. The molecule has 4 N–H and O–H groups in total. The first kappa shape index (κ1) is 19.0. The Morgan fingerprint density at radius 1 is 1.33 bits per heavy atom. The van der Waals surface area contributed by atoms with Crippen molar-refractivity contribution in [1.29, 1.82) is 0 Å². The minimum absolute atomic E-state index is 0.0924. The standard InChI is InChI=1S/C10H12N2O10P2/c1-12-9(15)4(2-11-10(12)16)8-7(14)6(13)5(21-8)3-20-24(19)22-23(17)18/h2,5-8,13-14H,3H2,1H3/p+2/t5-,6?,7?,8+/m1/s1. The topological polar surface area (TPSA) is 177 Å². The first-order valence-electron chi connectivity index (χ1n) is 6.47. The second-order valence-corrected chi connectivity index (χ2v) is 6.66. The highest BCUT2D eigenvalue weighted by molar-refractivity contribution is 7.47. The van der Waals surface area contributed by atoms with Crippen molar-refractivity contribution >= 4 is 16.5 Å². The van der Waals surface area contributed by atoms with Crippen LogP contribution in [0.15, 0.2) is 15.8 Å². The van der Waals surface area contributed by atoms with Crippen LogP contribution in [0.5, 0.6) is 0 Å². The number of hydrogen-bond acceptors (Lipinski definition) is 9. The third-order valence-corrected chi connectivity index (χ3v) is 4.81. The Balaban J connectivity index is 2.12. The van der Waals surface area contributed by atoms with Gasteiger partial charge in [-0.15, -0.1) is 9.42 Å². The average Bonchev–Trinajstić information content (AvgIpc) is 2.78. The maximum absolute atomic E-state index is 12.0. The van der Waals surface area contributed by atoms with Crippen molar-refractivity contribution < 1.29 is 37.8 Å². The van der Waals surface area contributed by atoms with Crippen molar-refractivity contribution in [3.63, 3.8) is 0 Å². The molecule has 0 amide bonds. The number of nitrogens with zero attached hydrogens (tertiary/aromatic N) is 1. The molecular formula is C10H14N2O10P2+2. The molecule has 12 nitrogen and oxygen atoms in total. The number of aliphatic hydroxyl groups is 2. The van der Waals surface area contributed by atoms with Gasteiger partial charge in [-0.2, -0.15) is 0 Å². The van der Waals surface area contributed by atoms with Crippen molar-refractivity contribution in [2.45, 2.75) is 24.4 Å². The molecule has 0 radical (unpaired) electrons. The van der Waals surface area contributed by atoms with E-state index in [1.165, 1.54) is 7.05 Å². The van der Waals surface area contributed by atoms with E-state index in [0.29, 0.717) is 0 Å². The highest BCUT2D eigenvalue weighted by Crippen LogP contribution is 2.38. The van der Waals surface area contributed by atoms with Gasteiger partial charge in [0, 0.05) is 22.4 Å². The SMILES string of the molecule is Cn1c(=O)[nH]cc([C@@H]2O[C@H](CO[P+](=O)O[P+](=O)O)C(O)C2O)c1=O. The molecule has 4 unspecified atom stereocenters. The van der Waals surface area contributed by atoms with Crippen LogP contribution in [0, 0.1) is 0 Å². The summed E-state index contributed by atoms with van der Waals surface area (Å²) in [5, 5.41) is 19.9. The molecule has 0 saturated carbocycles. The molecule has 1 aliphatic heterocycles. The van der Waals surface area contributed by atoms with Crippen LogP contribution in [0.4, 0.5) is 0 Å². The van der Waals surface area contributed by atoms with E-state index in [0.717, 1.165) is 10.8 Å². The van der Waals surface area contributed by atoms with E-state index in [4.69, 9.17) is 9.63 Å². The predicted octanol–water partition coefficient (Wildman–Crippen LogP) is -1.42. The molecule has 1 saturated heterocycles. The van der Waals surface area contributed by atoms with Crippen molar-refractivity contribution in [2.24, 2.45) is 7.05 Å². The Bertz CT molecular complexity index is 761. The first-order valence-corrected chi connectivity index (χ1v) is 8.69. The molecule has 1 aromatic rings. The summed E-state index contributed by atoms with van der Waals surface area (Å²) in [5.41, 5.74) is -1.47. The summed E-state index contributed by atoms with van der Waals surface area (Å²) in [4.78, 5) is 34.1. The summed E-state index contributed by atoms with van der Waals surface area (Å²) in [6.07, 6.45) is -4.37. The fraction of sp³-hybridized carbons (Fsp3) is 0.600. The normalized spacial score (nSPS) is 28.0. The number of aromatic amines is 1. The monoisotopic (exact) mass is 384 g/mol. The Morgan fingerprint density at radius 2 is 2.00 bits per heavy atom. The second-order valence-electron chi connectivity index (χ2n) is 4.83. The van der Waals surface area contributed by atoms with Crippen molar-refractivity contribution in [3.8, 4) is 0 Å². The molecule has 1 fully saturated rings. The van der Waals surface area contributed by atoms with E-state index in [1.54, 1.807) is 0 Å². The van der Waals surface area contributed by atoms with Gasteiger partial charge in [-0.25, -0.2) is 4.79 Å². The van der Waals surface area contributed by atoms with Crippen LogP contribution in [-0.4, -0.2) is 49.6 Å². The lowest BCUT2D eigenvalue weighted by molar-refractivity contribution is -0.0177. The van der Waals surface area contributed by atoms with Crippen molar-refractivity contribution in [2.75, 3.05) is 6.61 Å². The van der Waals surface area contributed by atoms with Gasteiger partial charge in [0.25, 0.3) is 5.56 Å². The number of aromatic nitrogens is 2. The van der Waals surface area contributed by atoms with E-state index in [1.807, 2.05) is 0 Å². The van der Waals surface area contributed by atoms with Crippen LogP contribution in [0.1, 0.15) is 11.7 Å². The maximum Gasteiger partial charge on any atom is 0.747 e. The van der Waals surface area contributed by atoms with Gasteiger partial charge in [-0.1, -0.05) is 0 Å². The highest BCUT2D eigenvalue weighted by Gasteiger charge is 2.47. The van der Waals surface area contributed by atoms with Gasteiger partial charge in [0.1, 0.15) is 31.0 Å². The number of H-pyrrole nitrogens is 1. The van der Waals surface area contributed by atoms with Crippen LogP contribution in [0.3, 0.4) is 0 Å². The summed E-state index contributed by atoms with van der Waals surface area (Å²) in [5.74, 6) is 0. The largest absolute Gasteiger partial charge is 0.747 e. The lowest BCUT2D eigenvalue weighted by Crippen LogP contribution is -2.37. The van der Waals surface area contributed by atoms with Gasteiger partial charge in [0.15, 0.2) is 4.31 Å². The third-order valence-electron chi connectivity index (χ3n) is 3.36. The van der Waals surface area contributed by atoms with Crippen molar-refractivity contribution in [3.05, 3.63) is 32.6 Å². The second kappa shape index (κ2) is 7.68. The van der Waals surface area contributed by atoms with Gasteiger partial charge in [0.2, 0.25) is 0 Å². The lowest BCUT2D eigenvalue weighted by atomic mass is 10.0. The van der Waals surface area contributed by atoms with E-state index in [2.05, 4.69) is 13.8 Å². The quantitative estimate of drug-likeness (QED) is 0.425. The van der Waals surface area contributed by atoms with Crippen LogP contribution >= 0.6 is 16.5 Å². The molecule has 132 valence electrons. The van der Waals surface area contributed by atoms with E-state index >= 15 is 0 Å². The zero-order valence-corrected chi connectivity index (χ0v) is 13.9. The fourth-order valence-electron chi connectivity index (χ4n) is 2.15. The zero-order chi connectivity index (χ0) is 18.0. The summed E-state index contributed by atoms with van der Waals surface area (Å²) < 4.78 is 36.2. The average molecular weight is 384 g/mol. The minimum atomic E-state index is -3.13. The van der Waals surface area contributed by atoms with Crippen molar-refractivity contribution in [1.82, 2.24) is 9.55 Å². The van der Waals surface area contributed by atoms with Crippen LogP contribution in [0.25, 0.3) is 0 Å². The summed E-state index contributed by atoms with van der Waals surface area (Å²) in [6, 6.07) is 0. The Kier molecular flexibility index (Phi) is 6.07. The molecule has 0 aromatic carbocycles. The molecule has 0 spiro atoms. The first-order chi connectivity index (χ1) is 11.2. The van der Waals surface area contributed by atoms with Crippen LogP contribution < -0.4 is 11.2 Å². The Hall–Kier alpha value is -1.36. The molecule has 1 aromatic heterocycles. The van der Waals surface area contributed by atoms with Gasteiger partial charge >= 0.3 is 22.2 Å². The molecular weight excluding hydrogens is 370 g/mol. The van der Waals surface area contributed by atoms with E-state index in [-0.39, 0.29) is 5.56 Å². The van der Waals surface area contributed by atoms with E-state index < -0.39 is 58.8 Å². The zero-order valence-electron chi connectivity index (χ0n) is 12.1. The molecule has 0 bridgehead atoms. The summed E-state index contributed by atoms with van der Waals surface area (Å²) in [6.45, 7) is -0.531. The smallest absolute Gasteiger partial charge is 0.387 e. The molecule has 14 heteroatoms. The maximum atomic E-state index is 12.0. The van der Waals surface area contributed by atoms with Gasteiger partial charge < -0.3 is 19.9 Å². The lowest BCUT2D eigenvalue weighted by Gasteiger charge is -2.14. The number of ether oxygens (including phenoxy) is 1. The number of nitrogens with one attached hydrogen (secondary N) is 1. The molecule has 6 atom stereocenters. The third kappa shape index (κ3) is 4.00. The number of aliphatic hydroxyl groups excluding tert-OH is 2. The molecule has 0 aliphatic carbocycles. The Morgan fingerprint density at radius 3 is 2.62 bits per heavy atom. The Labute approximate surface area is 135 Å². The van der Waals surface area contributed by atoms with Gasteiger partial charge in [-0.3, -0.25) is 9.36 Å². The number of rotatable bonds is 6. The molecule has 24 heavy (non-hydrogen) atoms. The van der Waals surface area contributed by atoms with Gasteiger partial charge in [0.05, 0.1) is 5.56 Å². The van der Waals surface area contributed by atoms with Crippen LogP contribution in [0.2, 0.25) is 0 Å². The van der Waals surface area contributed by atoms with Gasteiger partial charge in [-0.05, 0) is 0 Å². The minimum Gasteiger partial charge on any atom is -0.387 e. The van der Waals surface area contributed by atoms with E-state index in [9.17, 15) is 28.9 Å². The molecule has 2 rings (SSSR count).